The lowest BCUT2D eigenvalue weighted by molar-refractivity contribution is 0.0702. The maximum Gasteiger partial charge on any atom is 0.345 e. The van der Waals surface area contributed by atoms with E-state index in [1.807, 2.05) is 6.92 Å². The summed E-state index contributed by atoms with van der Waals surface area (Å²) in [6, 6.07) is 8.31. The van der Waals surface area contributed by atoms with Gasteiger partial charge in [-0.2, -0.15) is 0 Å². The van der Waals surface area contributed by atoms with Crippen LogP contribution < -0.4 is 5.32 Å². The number of aromatic carboxylic acids is 1. The zero-order valence-corrected chi connectivity index (χ0v) is 12.2. The maximum atomic E-state index is 11.0. The van der Waals surface area contributed by atoms with Crippen LogP contribution in [0.5, 0.6) is 0 Å². The van der Waals surface area contributed by atoms with Gasteiger partial charge in [0.15, 0.2) is 0 Å². The highest BCUT2D eigenvalue weighted by Gasteiger charge is 2.12. The second kappa shape index (κ2) is 5.29. The number of hydrogen-bond donors (Lipinski definition) is 2. The second-order valence-electron chi connectivity index (χ2n) is 5.19. The minimum Gasteiger partial charge on any atom is -0.477 e. The number of hydrogen-bond acceptors (Lipinski definition) is 3. The lowest BCUT2D eigenvalue weighted by atomic mass is 10.1. The number of benzene rings is 1. The fourth-order valence-corrected chi connectivity index (χ4v) is 3.56. The molecule has 0 aliphatic heterocycles. The third-order valence-electron chi connectivity index (χ3n) is 3.81. The third-order valence-corrected chi connectivity index (χ3v) is 4.89. The molecule has 4 heteroatoms. The summed E-state index contributed by atoms with van der Waals surface area (Å²) < 4.78 is 0. The molecule has 0 radical (unpaired) electrons. The summed E-state index contributed by atoms with van der Waals surface area (Å²) in [4.78, 5) is 12.4. The first-order valence-electron chi connectivity index (χ1n) is 6.82. The lowest BCUT2D eigenvalue weighted by Crippen LogP contribution is -2.00. The number of carboxylic acid groups (broad SMARTS) is 1. The maximum absolute atomic E-state index is 11.0. The minimum atomic E-state index is -0.845. The van der Waals surface area contributed by atoms with E-state index in [0.717, 1.165) is 16.1 Å². The summed E-state index contributed by atoms with van der Waals surface area (Å²) in [5.74, 6) is -0.845. The number of carboxylic acids is 1. The van der Waals surface area contributed by atoms with E-state index in [2.05, 4.69) is 23.5 Å². The van der Waals surface area contributed by atoms with Gasteiger partial charge in [0, 0.05) is 17.1 Å². The van der Waals surface area contributed by atoms with E-state index in [9.17, 15) is 4.79 Å². The molecule has 0 unspecified atom stereocenters. The van der Waals surface area contributed by atoms with Gasteiger partial charge >= 0.3 is 5.97 Å². The van der Waals surface area contributed by atoms with Gasteiger partial charge in [-0.15, -0.1) is 11.3 Å². The van der Waals surface area contributed by atoms with Gasteiger partial charge in [0.1, 0.15) is 4.88 Å². The SMILES string of the molecule is Cc1sc(C(=O)O)cc1CNc1ccc2c(c1)CCC2. The third kappa shape index (κ3) is 2.56. The summed E-state index contributed by atoms with van der Waals surface area (Å²) in [5, 5.41) is 12.4. The molecule has 2 N–H and O–H groups in total. The quantitative estimate of drug-likeness (QED) is 0.898. The highest BCUT2D eigenvalue weighted by Crippen LogP contribution is 2.26. The molecule has 3 nitrogen and oxygen atoms in total. The molecule has 0 bridgehead atoms. The van der Waals surface area contributed by atoms with Crippen molar-refractivity contribution < 1.29 is 9.90 Å². The van der Waals surface area contributed by atoms with Gasteiger partial charge in [-0.1, -0.05) is 6.07 Å². The molecule has 0 saturated carbocycles. The molecular formula is C16H17NO2S. The summed E-state index contributed by atoms with van der Waals surface area (Å²) in [5.41, 5.74) is 5.10. The summed E-state index contributed by atoms with van der Waals surface area (Å²) in [6.07, 6.45) is 3.62. The van der Waals surface area contributed by atoms with Crippen LogP contribution in [0.2, 0.25) is 0 Å². The van der Waals surface area contributed by atoms with Crippen molar-refractivity contribution in [3.05, 3.63) is 50.7 Å². The van der Waals surface area contributed by atoms with Gasteiger partial charge in [-0.3, -0.25) is 0 Å². The van der Waals surface area contributed by atoms with Gasteiger partial charge in [-0.25, -0.2) is 4.79 Å². The zero-order chi connectivity index (χ0) is 14.1. The minimum absolute atomic E-state index is 0.410. The van der Waals surface area contributed by atoms with Crippen LogP contribution in [0, 0.1) is 6.92 Å². The fourth-order valence-electron chi connectivity index (χ4n) is 2.68. The van der Waals surface area contributed by atoms with E-state index in [1.165, 1.54) is 41.7 Å². The largest absolute Gasteiger partial charge is 0.477 e. The van der Waals surface area contributed by atoms with Crippen LogP contribution in [0.15, 0.2) is 24.3 Å². The van der Waals surface area contributed by atoms with Crippen molar-refractivity contribution in [2.24, 2.45) is 0 Å². The zero-order valence-electron chi connectivity index (χ0n) is 11.4. The lowest BCUT2D eigenvalue weighted by Gasteiger charge is -2.08. The van der Waals surface area contributed by atoms with Gasteiger partial charge in [0.2, 0.25) is 0 Å². The van der Waals surface area contributed by atoms with E-state index < -0.39 is 5.97 Å². The van der Waals surface area contributed by atoms with Crippen molar-refractivity contribution in [1.82, 2.24) is 0 Å². The molecule has 1 aromatic carbocycles. The number of rotatable bonds is 4. The molecule has 1 aromatic heterocycles. The Kier molecular flexibility index (Phi) is 3.49. The first-order chi connectivity index (χ1) is 9.63. The molecule has 104 valence electrons. The molecule has 0 amide bonds. The average Bonchev–Trinajstić information content (AvgIpc) is 3.02. The van der Waals surface area contributed by atoms with E-state index in [0.29, 0.717) is 11.4 Å². The Morgan fingerprint density at radius 1 is 1.30 bits per heavy atom. The van der Waals surface area contributed by atoms with Gasteiger partial charge in [0.25, 0.3) is 0 Å². The molecule has 0 atom stereocenters. The van der Waals surface area contributed by atoms with Crippen LogP contribution >= 0.6 is 11.3 Å². The van der Waals surface area contributed by atoms with E-state index in [4.69, 9.17) is 5.11 Å². The highest BCUT2D eigenvalue weighted by molar-refractivity contribution is 7.14. The van der Waals surface area contributed by atoms with Crippen molar-refractivity contribution in [3.63, 3.8) is 0 Å². The number of anilines is 1. The van der Waals surface area contributed by atoms with Gasteiger partial charge in [-0.05, 0) is 61.1 Å². The number of carbonyl (C=O) groups is 1. The van der Waals surface area contributed by atoms with Crippen molar-refractivity contribution in [2.45, 2.75) is 32.7 Å². The van der Waals surface area contributed by atoms with Crippen molar-refractivity contribution >= 4 is 23.0 Å². The first-order valence-corrected chi connectivity index (χ1v) is 7.63. The Labute approximate surface area is 122 Å². The molecule has 1 aliphatic carbocycles. The molecular weight excluding hydrogens is 270 g/mol. The number of fused-ring (bicyclic) bond motifs is 1. The Bertz CT molecular complexity index is 660. The Balaban J connectivity index is 1.72. The molecule has 1 aliphatic rings. The average molecular weight is 287 g/mol. The van der Waals surface area contributed by atoms with Crippen LogP contribution in [-0.4, -0.2) is 11.1 Å². The highest BCUT2D eigenvalue weighted by atomic mass is 32.1. The molecule has 2 aromatic rings. The molecule has 3 rings (SSSR count). The molecule has 20 heavy (non-hydrogen) atoms. The summed E-state index contributed by atoms with van der Waals surface area (Å²) in [7, 11) is 0. The van der Waals surface area contributed by atoms with Crippen molar-refractivity contribution in [2.75, 3.05) is 5.32 Å². The van der Waals surface area contributed by atoms with Crippen LogP contribution in [-0.2, 0) is 19.4 Å². The number of thiophene rings is 1. The van der Waals surface area contributed by atoms with E-state index >= 15 is 0 Å². The standard InChI is InChI=1S/C16H17NO2S/c1-10-13(8-15(20-10)16(18)19)9-17-14-6-5-11-3-2-4-12(11)7-14/h5-8,17H,2-4,9H2,1H3,(H,18,19). The van der Waals surface area contributed by atoms with Crippen LogP contribution in [0.1, 0.15) is 37.7 Å². The monoisotopic (exact) mass is 287 g/mol. The molecule has 0 spiro atoms. The predicted octanol–water partition coefficient (Wildman–Crippen LogP) is 3.86. The number of aryl methyl sites for hydroxylation is 3. The Morgan fingerprint density at radius 2 is 2.10 bits per heavy atom. The van der Waals surface area contributed by atoms with Crippen molar-refractivity contribution in [3.8, 4) is 0 Å². The Hall–Kier alpha value is -1.81. The van der Waals surface area contributed by atoms with Crippen LogP contribution in [0.4, 0.5) is 5.69 Å². The fraction of sp³-hybridized carbons (Fsp3) is 0.312. The van der Waals surface area contributed by atoms with Crippen LogP contribution in [0.3, 0.4) is 0 Å². The first kappa shape index (κ1) is 13.2. The van der Waals surface area contributed by atoms with E-state index in [-0.39, 0.29) is 0 Å². The number of nitrogens with one attached hydrogen (secondary N) is 1. The predicted molar refractivity (Wildman–Crippen MR) is 81.8 cm³/mol. The molecule has 0 saturated heterocycles. The van der Waals surface area contributed by atoms with Crippen molar-refractivity contribution in [1.29, 1.82) is 0 Å². The topological polar surface area (TPSA) is 49.3 Å². The normalized spacial score (nSPS) is 13.2. The van der Waals surface area contributed by atoms with Gasteiger partial charge in [0.05, 0.1) is 0 Å². The smallest absolute Gasteiger partial charge is 0.345 e. The molecule has 0 fully saturated rings. The summed E-state index contributed by atoms with van der Waals surface area (Å²) >= 11 is 1.34. The van der Waals surface area contributed by atoms with Gasteiger partial charge < -0.3 is 10.4 Å². The van der Waals surface area contributed by atoms with Crippen LogP contribution in [0.25, 0.3) is 0 Å². The Morgan fingerprint density at radius 3 is 2.85 bits per heavy atom. The molecule has 1 heterocycles. The summed E-state index contributed by atoms with van der Waals surface area (Å²) in [6.45, 7) is 2.64. The second-order valence-corrected chi connectivity index (χ2v) is 6.44. The van der Waals surface area contributed by atoms with E-state index in [1.54, 1.807) is 6.07 Å².